The largest absolute Gasteiger partial charge is 0.484 e. The molecule has 0 aliphatic rings. The predicted molar refractivity (Wildman–Crippen MR) is 108 cm³/mol. The van der Waals surface area contributed by atoms with Gasteiger partial charge in [0.1, 0.15) is 17.4 Å². The number of rotatable bonds is 7. The minimum absolute atomic E-state index is 0.0815. The molecule has 0 aliphatic heterocycles. The fourth-order valence-corrected chi connectivity index (χ4v) is 2.78. The van der Waals surface area contributed by atoms with E-state index in [0.717, 1.165) is 0 Å². The molecule has 0 spiro atoms. The highest BCUT2D eigenvalue weighted by molar-refractivity contribution is 5.93. The number of benzene rings is 2. The molecular weight excluding hydrogens is 355 g/mol. The molecular formula is C23H23FN2O2. The van der Waals surface area contributed by atoms with Crippen molar-refractivity contribution in [1.29, 1.82) is 0 Å². The summed E-state index contributed by atoms with van der Waals surface area (Å²) < 4.78 is 19.8. The van der Waals surface area contributed by atoms with Crippen LogP contribution in [0, 0.1) is 5.82 Å². The number of carbonyl (C=O) groups excluding carboxylic acids is 1. The van der Waals surface area contributed by atoms with Crippen molar-refractivity contribution in [2.45, 2.75) is 26.3 Å². The van der Waals surface area contributed by atoms with Gasteiger partial charge in [-0.25, -0.2) is 9.37 Å². The van der Waals surface area contributed by atoms with E-state index in [9.17, 15) is 9.18 Å². The molecule has 3 aromatic rings. The first-order valence-corrected chi connectivity index (χ1v) is 9.22. The first-order valence-electron chi connectivity index (χ1n) is 9.22. The van der Waals surface area contributed by atoms with Gasteiger partial charge >= 0.3 is 0 Å². The molecule has 0 unspecified atom stereocenters. The van der Waals surface area contributed by atoms with E-state index >= 15 is 0 Å². The zero-order chi connectivity index (χ0) is 19.9. The second-order valence-electron chi connectivity index (χ2n) is 6.77. The fourth-order valence-electron chi connectivity index (χ4n) is 2.78. The number of nitrogens with zero attached hydrogens (tertiary/aromatic N) is 2. The normalized spacial score (nSPS) is 10.7. The lowest BCUT2D eigenvalue weighted by atomic mass is 10.0. The summed E-state index contributed by atoms with van der Waals surface area (Å²) in [5.74, 6) is 0.839. The van der Waals surface area contributed by atoms with Crippen LogP contribution in [0.1, 0.15) is 30.9 Å². The lowest BCUT2D eigenvalue weighted by Gasteiger charge is -2.22. The van der Waals surface area contributed by atoms with E-state index in [1.54, 1.807) is 42.6 Å². The summed E-state index contributed by atoms with van der Waals surface area (Å²) in [7, 11) is 0. The third kappa shape index (κ3) is 4.94. The van der Waals surface area contributed by atoms with Gasteiger partial charge in [0.15, 0.2) is 6.61 Å². The smallest absolute Gasteiger partial charge is 0.266 e. The molecule has 0 aliphatic carbocycles. The SMILES string of the molecule is CC(C)c1ccc(OCC(=O)N(Cc2ccccc2F)c2ccccn2)cc1. The van der Waals surface area contributed by atoms with Crippen LogP contribution in [0.15, 0.2) is 72.9 Å². The van der Waals surface area contributed by atoms with Crippen molar-refractivity contribution < 1.29 is 13.9 Å². The molecule has 0 saturated carbocycles. The van der Waals surface area contributed by atoms with Crippen LogP contribution in [0.3, 0.4) is 0 Å². The maximum Gasteiger partial charge on any atom is 0.266 e. The number of hydrogen-bond donors (Lipinski definition) is 0. The summed E-state index contributed by atoms with van der Waals surface area (Å²) in [5, 5.41) is 0. The lowest BCUT2D eigenvalue weighted by molar-refractivity contribution is -0.120. The van der Waals surface area contributed by atoms with Gasteiger partial charge in [-0.2, -0.15) is 0 Å². The van der Waals surface area contributed by atoms with Crippen LogP contribution in [0.25, 0.3) is 0 Å². The number of ether oxygens (including phenoxy) is 1. The first-order chi connectivity index (χ1) is 13.5. The van der Waals surface area contributed by atoms with Gasteiger partial charge in [0.25, 0.3) is 5.91 Å². The van der Waals surface area contributed by atoms with Gasteiger partial charge in [0.2, 0.25) is 0 Å². The van der Waals surface area contributed by atoms with Crippen LogP contribution in [-0.4, -0.2) is 17.5 Å². The zero-order valence-corrected chi connectivity index (χ0v) is 16.0. The fraction of sp³-hybridized carbons (Fsp3) is 0.217. The quantitative estimate of drug-likeness (QED) is 0.584. The van der Waals surface area contributed by atoms with E-state index in [4.69, 9.17) is 4.74 Å². The Balaban J connectivity index is 1.74. The monoisotopic (exact) mass is 378 g/mol. The first kappa shape index (κ1) is 19.5. The summed E-state index contributed by atoms with van der Waals surface area (Å²) in [6.07, 6.45) is 1.60. The molecule has 5 heteroatoms. The van der Waals surface area contributed by atoms with E-state index in [1.807, 2.05) is 24.3 Å². The molecule has 28 heavy (non-hydrogen) atoms. The molecule has 0 N–H and O–H groups in total. The number of anilines is 1. The van der Waals surface area contributed by atoms with E-state index < -0.39 is 0 Å². The second-order valence-corrected chi connectivity index (χ2v) is 6.77. The number of aromatic nitrogens is 1. The average molecular weight is 378 g/mol. The lowest BCUT2D eigenvalue weighted by Crippen LogP contribution is -2.35. The second kappa shape index (κ2) is 9.13. The van der Waals surface area contributed by atoms with Crippen LogP contribution < -0.4 is 9.64 Å². The summed E-state index contributed by atoms with van der Waals surface area (Å²) in [6, 6.07) is 19.3. The summed E-state index contributed by atoms with van der Waals surface area (Å²) in [6.45, 7) is 4.16. The molecule has 3 rings (SSSR count). The van der Waals surface area contributed by atoms with Gasteiger partial charge in [0.05, 0.1) is 6.54 Å². The highest BCUT2D eigenvalue weighted by Crippen LogP contribution is 2.20. The molecule has 1 heterocycles. The molecule has 0 atom stereocenters. The Kier molecular flexibility index (Phi) is 6.37. The summed E-state index contributed by atoms with van der Waals surface area (Å²) in [5.41, 5.74) is 1.62. The van der Waals surface area contributed by atoms with Crippen molar-refractivity contribution in [2.75, 3.05) is 11.5 Å². The Hall–Kier alpha value is -3.21. The van der Waals surface area contributed by atoms with Gasteiger partial charge in [0, 0.05) is 11.8 Å². The Labute approximate surface area is 164 Å². The van der Waals surface area contributed by atoms with E-state index in [0.29, 0.717) is 23.0 Å². The average Bonchev–Trinajstić information content (AvgIpc) is 2.72. The van der Waals surface area contributed by atoms with E-state index in [-0.39, 0.29) is 24.9 Å². The topological polar surface area (TPSA) is 42.4 Å². The maximum absolute atomic E-state index is 14.1. The third-order valence-electron chi connectivity index (χ3n) is 4.42. The van der Waals surface area contributed by atoms with E-state index in [1.165, 1.54) is 16.5 Å². The number of carbonyl (C=O) groups is 1. The third-order valence-corrected chi connectivity index (χ3v) is 4.42. The van der Waals surface area contributed by atoms with Gasteiger partial charge in [-0.1, -0.05) is 50.2 Å². The Morgan fingerprint density at radius 2 is 1.75 bits per heavy atom. The molecule has 0 bridgehead atoms. The molecule has 0 saturated heterocycles. The minimum Gasteiger partial charge on any atom is -0.484 e. The van der Waals surface area contributed by atoms with Crippen LogP contribution in [0.5, 0.6) is 5.75 Å². The van der Waals surface area contributed by atoms with Crippen molar-refractivity contribution in [3.63, 3.8) is 0 Å². The molecule has 2 aromatic carbocycles. The van der Waals surface area contributed by atoms with Gasteiger partial charge < -0.3 is 4.74 Å². The van der Waals surface area contributed by atoms with Crippen molar-refractivity contribution in [3.8, 4) is 5.75 Å². The van der Waals surface area contributed by atoms with Gasteiger partial charge in [-0.05, 0) is 41.8 Å². The molecule has 0 fully saturated rings. The number of hydrogen-bond acceptors (Lipinski definition) is 3. The number of halogens is 1. The highest BCUT2D eigenvalue weighted by atomic mass is 19.1. The predicted octanol–water partition coefficient (Wildman–Crippen LogP) is 4.96. The number of pyridine rings is 1. The molecule has 144 valence electrons. The molecule has 1 aromatic heterocycles. The van der Waals surface area contributed by atoms with Gasteiger partial charge in [-0.3, -0.25) is 9.69 Å². The summed E-state index contributed by atoms with van der Waals surface area (Å²) in [4.78, 5) is 18.5. The molecule has 0 radical (unpaired) electrons. The maximum atomic E-state index is 14.1. The highest BCUT2D eigenvalue weighted by Gasteiger charge is 2.19. The Bertz CT molecular complexity index is 911. The van der Waals surface area contributed by atoms with Crippen molar-refractivity contribution in [1.82, 2.24) is 4.98 Å². The van der Waals surface area contributed by atoms with Crippen molar-refractivity contribution in [2.24, 2.45) is 0 Å². The Morgan fingerprint density at radius 3 is 2.39 bits per heavy atom. The molecule has 4 nitrogen and oxygen atoms in total. The van der Waals surface area contributed by atoms with Crippen LogP contribution >= 0.6 is 0 Å². The van der Waals surface area contributed by atoms with Crippen LogP contribution in [0.4, 0.5) is 10.2 Å². The van der Waals surface area contributed by atoms with E-state index in [2.05, 4.69) is 18.8 Å². The van der Waals surface area contributed by atoms with Crippen LogP contribution in [-0.2, 0) is 11.3 Å². The minimum atomic E-state index is -0.360. The molecule has 1 amide bonds. The zero-order valence-electron chi connectivity index (χ0n) is 16.0. The van der Waals surface area contributed by atoms with Crippen molar-refractivity contribution in [3.05, 3.63) is 89.9 Å². The van der Waals surface area contributed by atoms with Gasteiger partial charge in [-0.15, -0.1) is 0 Å². The van der Waals surface area contributed by atoms with Crippen LogP contribution in [0.2, 0.25) is 0 Å². The number of amides is 1. The Morgan fingerprint density at radius 1 is 1.04 bits per heavy atom. The summed E-state index contributed by atoms with van der Waals surface area (Å²) >= 11 is 0. The standard InChI is InChI=1S/C23H23FN2O2/c1-17(2)18-10-12-20(13-11-18)28-16-23(27)26(22-9-5-6-14-25-22)15-19-7-3-4-8-21(19)24/h3-14,17H,15-16H2,1-2H3. The van der Waals surface area contributed by atoms with Crippen molar-refractivity contribution >= 4 is 11.7 Å².